The van der Waals surface area contributed by atoms with Crippen LogP contribution in [0.2, 0.25) is 0 Å². The van der Waals surface area contributed by atoms with Crippen LogP contribution in [0.5, 0.6) is 0 Å². The van der Waals surface area contributed by atoms with E-state index in [1.165, 1.54) is 6.42 Å². The molecule has 0 aromatic carbocycles. The number of nitrogens with zero attached hydrogens (tertiary/aromatic N) is 2. The molecule has 1 fully saturated rings. The maximum Gasteiger partial charge on any atom is 0.146 e. The van der Waals surface area contributed by atoms with Gasteiger partial charge in [0.25, 0.3) is 0 Å². The van der Waals surface area contributed by atoms with Crippen molar-refractivity contribution in [3.8, 4) is 0 Å². The summed E-state index contributed by atoms with van der Waals surface area (Å²) in [6, 6.07) is 0. The highest BCUT2D eigenvalue weighted by Gasteiger charge is 2.37. The first-order chi connectivity index (χ1) is 8.51. The van der Waals surface area contributed by atoms with E-state index in [-0.39, 0.29) is 5.41 Å². The van der Waals surface area contributed by atoms with E-state index >= 15 is 0 Å². The van der Waals surface area contributed by atoms with Gasteiger partial charge in [0.05, 0.1) is 6.42 Å². The molecule has 2 rings (SSSR count). The molecule has 4 heteroatoms. The normalized spacial score (nSPS) is 20.9. The Morgan fingerprint density at radius 2 is 2.39 bits per heavy atom. The number of nitrogens with one attached hydrogen (secondary N) is 1. The number of rotatable bonds is 4. The Labute approximate surface area is 109 Å². The van der Waals surface area contributed by atoms with Crippen molar-refractivity contribution in [2.45, 2.75) is 33.1 Å². The van der Waals surface area contributed by atoms with Gasteiger partial charge in [0, 0.05) is 24.9 Å². The van der Waals surface area contributed by atoms with Gasteiger partial charge >= 0.3 is 0 Å². The molecule has 0 spiro atoms. The van der Waals surface area contributed by atoms with Crippen LogP contribution in [0.1, 0.15) is 32.5 Å². The molecule has 2 heterocycles. The van der Waals surface area contributed by atoms with Crippen LogP contribution >= 0.6 is 0 Å². The lowest BCUT2D eigenvalue weighted by molar-refractivity contribution is -0.129. The average Bonchev–Trinajstić information content (AvgIpc) is 2.76. The van der Waals surface area contributed by atoms with Crippen molar-refractivity contribution in [2.75, 3.05) is 13.1 Å². The first kappa shape index (κ1) is 13.3. The summed E-state index contributed by atoms with van der Waals surface area (Å²) in [6.07, 6.45) is 6.39. The molecular weight excluding hydrogens is 226 g/mol. The van der Waals surface area contributed by atoms with Gasteiger partial charge in [-0.15, -0.1) is 0 Å². The fourth-order valence-electron chi connectivity index (χ4n) is 2.63. The lowest BCUT2D eigenvalue weighted by Crippen LogP contribution is -2.43. The van der Waals surface area contributed by atoms with E-state index in [2.05, 4.69) is 24.1 Å². The number of Topliss-reactive ketones (excluding diaryl/α,β-unsaturated/α-hetero) is 1. The van der Waals surface area contributed by atoms with Crippen molar-refractivity contribution in [1.29, 1.82) is 0 Å². The van der Waals surface area contributed by atoms with Crippen molar-refractivity contribution < 1.29 is 4.79 Å². The zero-order chi connectivity index (χ0) is 13.2. The molecule has 1 saturated heterocycles. The monoisotopic (exact) mass is 249 g/mol. The second-order valence-electron chi connectivity index (χ2n) is 5.82. The topological polar surface area (TPSA) is 46.9 Å². The number of ketones is 1. The average molecular weight is 249 g/mol. The summed E-state index contributed by atoms with van der Waals surface area (Å²) in [5.41, 5.74) is -0.265. The smallest absolute Gasteiger partial charge is 0.146 e. The molecule has 0 radical (unpaired) electrons. The van der Waals surface area contributed by atoms with E-state index in [1.54, 1.807) is 6.20 Å². The van der Waals surface area contributed by atoms with Crippen LogP contribution < -0.4 is 5.32 Å². The molecule has 100 valence electrons. The Morgan fingerprint density at radius 3 is 2.94 bits per heavy atom. The molecule has 1 unspecified atom stereocenters. The summed E-state index contributed by atoms with van der Waals surface area (Å²) in [6.45, 7) is 6.20. The number of piperidine rings is 1. The van der Waals surface area contributed by atoms with Gasteiger partial charge in [-0.2, -0.15) is 0 Å². The van der Waals surface area contributed by atoms with Crippen LogP contribution in [-0.2, 0) is 18.3 Å². The minimum Gasteiger partial charge on any atom is -0.338 e. The summed E-state index contributed by atoms with van der Waals surface area (Å²) in [5.74, 6) is 1.60. The molecule has 1 aromatic heterocycles. The lowest BCUT2D eigenvalue weighted by Gasteiger charge is -2.36. The number of imidazole rings is 1. The highest BCUT2D eigenvalue weighted by molar-refractivity contribution is 5.85. The molecule has 1 aromatic rings. The Kier molecular flexibility index (Phi) is 3.85. The second-order valence-corrected chi connectivity index (χ2v) is 5.82. The summed E-state index contributed by atoms with van der Waals surface area (Å²) in [5, 5.41) is 3.39. The fraction of sp³-hybridized carbons (Fsp3) is 0.714. The van der Waals surface area contributed by atoms with Gasteiger partial charge in [0.1, 0.15) is 11.6 Å². The molecular formula is C14H23N3O. The first-order valence-electron chi connectivity index (χ1n) is 6.72. The van der Waals surface area contributed by atoms with Crippen molar-refractivity contribution in [1.82, 2.24) is 14.9 Å². The number of carbonyl (C=O) groups is 1. The summed E-state index contributed by atoms with van der Waals surface area (Å²) < 4.78 is 1.92. The third-order valence-corrected chi connectivity index (χ3v) is 4.28. The van der Waals surface area contributed by atoms with E-state index < -0.39 is 0 Å². The van der Waals surface area contributed by atoms with Crippen molar-refractivity contribution in [3.05, 3.63) is 18.2 Å². The van der Waals surface area contributed by atoms with E-state index in [0.717, 1.165) is 25.3 Å². The van der Waals surface area contributed by atoms with Gasteiger partial charge in [0.2, 0.25) is 0 Å². The quantitative estimate of drug-likeness (QED) is 0.881. The molecule has 4 nitrogen and oxygen atoms in total. The largest absolute Gasteiger partial charge is 0.338 e. The standard InChI is InChI=1S/C14H23N3O/c1-14(2,11-5-4-6-15-10-11)12(18)9-13-16-7-8-17(13)3/h7-8,11,15H,4-6,9-10H2,1-3H3. The minimum absolute atomic E-state index is 0.265. The molecule has 0 aliphatic carbocycles. The predicted molar refractivity (Wildman–Crippen MR) is 71.3 cm³/mol. The third-order valence-electron chi connectivity index (χ3n) is 4.28. The van der Waals surface area contributed by atoms with Gasteiger partial charge in [-0.25, -0.2) is 4.98 Å². The first-order valence-corrected chi connectivity index (χ1v) is 6.72. The Hall–Kier alpha value is -1.16. The van der Waals surface area contributed by atoms with Crippen LogP contribution in [0.25, 0.3) is 0 Å². The summed E-state index contributed by atoms with van der Waals surface area (Å²) in [4.78, 5) is 16.7. The highest BCUT2D eigenvalue weighted by Crippen LogP contribution is 2.33. The van der Waals surface area contributed by atoms with E-state index in [1.807, 2.05) is 17.8 Å². The van der Waals surface area contributed by atoms with Crippen LogP contribution in [0.4, 0.5) is 0 Å². The third kappa shape index (κ3) is 2.64. The van der Waals surface area contributed by atoms with Gasteiger partial charge in [-0.3, -0.25) is 4.79 Å². The fourth-order valence-corrected chi connectivity index (χ4v) is 2.63. The van der Waals surface area contributed by atoms with Crippen LogP contribution in [0.15, 0.2) is 12.4 Å². The molecule has 1 N–H and O–H groups in total. The molecule has 0 bridgehead atoms. The number of aryl methyl sites for hydroxylation is 1. The number of hydrogen-bond acceptors (Lipinski definition) is 3. The minimum atomic E-state index is -0.265. The highest BCUT2D eigenvalue weighted by atomic mass is 16.1. The molecule has 1 atom stereocenters. The zero-order valence-electron chi connectivity index (χ0n) is 11.6. The predicted octanol–water partition coefficient (Wildman–Crippen LogP) is 1.56. The van der Waals surface area contributed by atoms with Crippen LogP contribution in [0, 0.1) is 11.3 Å². The maximum atomic E-state index is 12.5. The summed E-state index contributed by atoms with van der Waals surface area (Å²) in [7, 11) is 1.94. The molecule has 0 amide bonds. The number of hydrogen-bond donors (Lipinski definition) is 1. The van der Waals surface area contributed by atoms with E-state index in [0.29, 0.717) is 18.1 Å². The molecule has 1 aliphatic rings. The Balaban J connectivity index is 2.04. The van der Waals surface area contributed by atoms with E-state index in [4.69, 9.17) is 0 Å². The molecule has 18 heavy (non-hydrogen) atoms. The van der Waals surface area contributed by atoms with E-state index in [9.17, 15) is 4.79 Å². The SMILES string of the molecule is Cn1ccnc1CC(=O)C(C)(C)C1CCCNC1. The van der Waals surface area contributed by atoms with Crippen molar-refractivity contribution in [2.24, 2.45) is 18.4 Å². The van der Waals surface area contributed by atoms with Gasteiger partial charge < -0.3 is 9.88 Å². The van der Waals surface area contributed by atoms with Gasteiger partial charge in [-0.1, -0.05) is 13.8 Å². The van der Waals surface area contributed by atoms with Crippen molar-refractivity contribution in [3.63, 3.8) is 0 Å². The van der Waals surface area contributed by atoms with Crippen LogP contribution in [-0.4, -0.2) is 28.4 Å². The number of carbonyl (C=O) groups excluding carboxylic acids is 1. The maximum absolute atomic E-state index is 12.5. The van der Waals surface area contributed by atoms with Crippen molar-refractivity contribution >= 4 is 5.78 Å². The van der Waals surface area contributed by atoms with Gasteiger partial charge in [0.15, 0.2) is 0 Å². The second kappa shape index (κ2) is 5.22. The Morgan fingerprint density at radius 1 is 1.61 bits per heavy atom. The van der Waals surface area contributed by atoms with Crippen LogP contribution in [0.3, 0.4) is 0 Å². The molecule has 0 saturated carbocycles. The molecule has 1 aliphatic heterocycles. The zero-order valence-corrected chi connectivity index (χ0v) is 11.6. The lowest BCUT2D eigenvalue weighted by atomic mass is 9.71. The summed E-state index contributed by atoms with van der Waals surface area (Å²) >= 11 is 0. The number of aromatic nitrogens is 2. The van der Waals surface area contributed by atoms with Gasteiger partial charge in [-0.05, 0) is 31.8 Å². The Bertz CT molecular complexity index is 416.